The molecule has 2 rings (SSSR count). The van der Waals surface area contributed by atoms with E-state index >= 15 is 0 Å². The second-order valence-electron chi connectivity index (χ2n) is 5.22. The van der Waals surface area contributed by atoms with Gasteiger partial charge in [0.2, 0.25) is 0 Å². The molecular weight excluding hydrogens is 219 g/mol. The van der Waals surface area contributed by atoms with Gasteiger partial charge in [-0.05, 0) is 36.5 Å². The highest BCUT2D eigenvalue weighted by atomic mass is 19.1. The van der Waals surface area contributed by atoms with Gasteiger partial charge in [-0.25, -0.2) is 4.39 Å². The lowest BCUT2D eigenvalue weighted by molar-refractivity contribution is 0.0794. The molecule has 1 aromatic rings. The lowest BCUT2D eigenvalue weighted by Gasteiger charge is -2.28. The van der Waals surface area contributed by atoms with Crippen LogP contribution in [0.15, 0.2) is 18.2 Å². The zero-order valence-electron chi connectivity index (χ0n) is 10.4. The highest BCUT2D eigenvalue weighted by Gasteiger charge is 2.31. The van der Waals surface area contributed by atoms with Crippen molar-refractivity contribution in [2.45, 2.75) is 39.2 Å². The first-order chi connectivity index (χ1) is 8.06. The van der Waals surface area contributed by atoms with E-state index in [0.717, 1.165) is 30.6 Å². The van der Waals surface area contributed by atoms with Crippen LogP contribution in [0.4, 0.5) is 4.39 Å². The molecule has 0 aliphatic carbocycles. The summed E-state index contributed by atoms with van der Waals surface area (Å²) in [7, 11) is 0. The van der Waals surface area contributed by atoms with E-state index in [2.05, 4.69) is 13.8 Å². The van der Waals surface area contributed by atoms with Crippen molar-refractivity contribution in [1.82, 2.24) is 0 Å². The second kappa shape index (κ2) is 4.65. The summed E-state index contributed by atoms with van der Waals surface area (Å²) in [5, 5.41) is 9.39. The van der Waals surface area contributed by atoms with Crippen LogP contribution >= 0.6 is 0 Å². The van der Waals surface area contributed by atoms with Crippen LogP contribution in [0, 0.1) is 11.2 Å². The van der Waals surface area contributed by atoms with Crippen molar-refractivity contribution in [3.8, 4) is 5.75 Å². The quantitative estimate of drug-likeness (QED) is 0.874. The Hall–Kier alpha value is -1.09. The van der Waals surface area contributed by atoms with Crippen molar-refractivity contribution in [3.05, 3.63) is 29.6 Å². The van der Waals surface area contributed by atoms with Gasteiger partial charge in [0.25, 0.3) is 0 Å². The van der Waals surface area contributed by atoms with Gasteiger partial charge in [0.15, 0.2) is 0 Å². The van der Waals surface area contributed by atoms with Gasteiger partial charge in [-0.3, -0.25) is 0 Å². The fourth-order valence-corrected chi connectivity index (χ4v) is 2.27. The van der Waals surface area contributed by atoms with E-state index in [4.69, 9.17) is 4.74 Å². The SMILES string of the molecule is CCC(C)(CO)CC1Cc2cc(F)ccc2O1. The molecule has 0 radical (unpaired) electrons. The monoisotopic (exact) mass is 238 g/mol. The molecule has 1 N–H and O–H groups in total. The van der Waals surface area contributed by atoms with Gasteiger partial charge in [0.05, 0.1) is 0 Å². The van der Waals surface area contributed by atoms with Crippen LogP contribution in [0.25, 0.3) is 0 Å². The van der Waals surface area contributed by atoms with Crippen molar-refractivity contribution >= 4 is 0 Å². The van der Waals surface area contributed by atoms with E-state index in [1.54, 1.807) is 6.07 Å². The van der Waals surface area contributed by atoms with E-state index in [1.165, 1.54) is 12.1 Å². The Bertz CT molecular complexity index is 399. The van der Waals surface area contributed by atoms with E-state index in [-0.39, 0.29) is 23.9 Å². The van der Waals surface area contributed by atoms with Gasteiger partial charge < -0.3 is 9.84 Å². The number of hydrogen-bond acceptors (Lipinski definition) is 2. The summed E-state index contributed by atoms with van der Waals surface area (Å²) in [4.78, 5) is 0. The largest absolute Gasteiger partial charge is 0.490 e. The molecule has 0 bridgehead atoms. The van der Waals surface area contributed by atoms with Crippen LogP contribution in [0.5, 0.6) is 5.75 Å². The number of aliphatic hydroxyl groups excluding tert-OH is 1. The standard InChI is InChI=1S/C14H19FO2/c1-3-14(2,9-16)8-12-7-10-6-11(15)4-5-13(10)17-12/h4-6,12,16H,3,7-9H2,1-2H3. The fraction of sp³-hybridized carbons (Fsp3) is 0.571. The van der Waals surface area contributed by atoms with Crippen LogP contribution in [0.2, 0.25) is 0 Å². The summed E-state index contributed by atoms with van der Waals surface area (Å²) in [6, 6.07) is 4.65. The van der Waals surface area contributed by atoms with Crippen molar-refractivity contribution in [2.75, 3.05) is 6.61 Å². The number of hydrogen-bond donors (Lipinski definition) is 1. The molecule has 0 fully saturated rings. The smallest absolute Gasteiger partial charge is 0.123 e. The molecular formula is C14H19FO2. The zero-order chi connectivity index (χ0) is 12.5. The van der Waals surface area contributed by atoms with E-state index < -0.39 is 0 Å². The normalized spacial score (nSPS) is 21.8. The summed E-state index contributed by atoms with van der Waals surface area (Å²) in [6.45, 7) is 4.28. The van der Waals surface area contributed by atoms with Crippen molar-refractivity contribution in [3.63, 3.8) is 0 Å². The minimum absolute atomic E-state index is 0.0592. The van der Waals surface area contributed by atoms with Gasteiger partial charge in [-0.2, -0.15) is 0 Å². The van der Waals surface area contributed by atoms with Crippen molar-refractivity contribution < 1.29 is 14.2 Å². The highest BCUT2D eigenvalue weighted by Crippen LogP contribution is 2.36. The van der Waals surface area contributed by atoms with Crippen LogP contribution < -0.4 is 4.74 Å². The first-order valence-electron chi connectivity index (χ1n) is 6.12. The Kier molecular flexibility index (Phi) is 3.38. The number of rotatable bonds is 4. The van der Waals surface area contributed by atoms with Gasteiger partial charge in [0.1, 0.15) is 17.7 Å². The summed E-state index contributed by atoms with van der Waals surface area (Å²) >= 11 is 0. The average Bonchev–Trinajstić information content (AvgIpc) is 2.70. The van der Waals surface area contributed by atoms with E-state index in [0.29, 0.717) is 0 Å². The lowest BCUT2D eigenvalue weighted by Crippen LogP contribution is -2.28. The van der Waals surface area contributed by atoms with E-state index in [1.807, 2.05) is 0 Å². The molecule has 0 amide bonds. The third-order valence-corrected chi connectivity index (χ3v) is 3.72. The molecule has 0 saturated carbocycles. The molecule has 1 heterocycles. The molecule has 0 spiro atoms. The number of benzene rings is 1. The Morgan fingerprint density at radius 3 is 2.94 bits per heavy atom. The third kappa shape index (κ3) is 2.60. The van der Waals surface area contributed by atoms with Crippen LogP contribution in [0.3, 0.4) is 0 Å². The Balaban J connectivity index is 2.05. The van der Waals surface area contributed by atoms with Gasteiger partial charge in [-0.1, -0.05) is 13.8 Å². The average molecular weight is 238 g/mol. The summed E-state index contributed by atoms with van der Waals surface area (Å²) in [5.74, 6) is 0.571. The van der Waals surface area contributed by atoms with Crippen LogP contribution in [0.1, 0.15) is 32.3 Å². The Morgan fingerprint density at radius 1 is 1.53 bits per heavy atom. The second-order valence-corrected chi connectivity index (χ2v) is 5.22. The Morgan fingerprint density at radius 2 is 2.29 bits per heavy atom. The van der Waals surface area contributed by atoms with Crippen LogP contribution in [-0.2, 0) is 6.42 Å². The molecule has 2 unspecified atom stereocenters. The van der Waals surface area contributed by atoms with Crippen LogP contribution in [-0.4, -0.2) is 17.8 Å². The molecule has 2 atom stereocenters. The molecule has 3 heteroatoms. The predicted octanol–water partition coefficient (Wildman–Crippen LogP) is 2.93. The summed E-state index contributed by atoms with van der Waals surface area (Å²) in [6.07, 6.45) is 2.51. The van der Waals surface area contributed by atoms with Crippen molar-refractivity contribution in [2.24, 2.45) is 5.41 Å². The Labute approximate surface area is 101 Å². The molecule has 17 heavy (non-hydrogen) atoms. The molecule has 1 aromatic carbocycles. The maximum atomic E-state index is 13.1. The molecule has 94 valence electrons. The maximum Gasteiger partial charge on any atom is 0.123 e. The number of ether oxygens (including phenoxy) is 1. The number of halogens is 1. The minimum atomic E-state index is -0.214. The zero-order valence-corrected chi connectivity index (χ0v) is 10.4. The van der Waals surface area contributed by atoms with Gasteiger partial charge >= 0.3 is 0 Å². The molecule has 1 aliphatic heterocycles. The van der Waals surface area contributed by atoms with E-state index in [9.17, 15) is 9.50 Å². The summed E-state index contributed by atoms with van der Waals surface area (Å²) < 4.78 is 18.8. The molecule has 1 aliphatic rings. The summed E-state index contributed by atoms with van der Waals surface area (Å²) in [5.41, 5.74) is 0.831. The van der Waals surface area contributed by atoms with Gasteiger partial charge in [-0.15, -0.1) is 0 Å². The first kappa shape index (κ1) is 12.4. The maximum absolute atomic E-state index is 13.1. The minimum Gasteiger partial charge on any atom is -0.490 e. The number of aliphatic hydroxyl groups is 1. The fourth-order valence-electron chi connectivity index (χ4n) is 2.27. The topological polar surface area (TPSA) is 29.5 Å². The lowest BCUT2D eigenvalue weighted by atomic mass is 9.82. The molecule has 0 aromatic heterocycles. The molecule has 2 nitrogen and oxygen atoms in total. The van der Waals surface area contributed by atoms with Gasteiger partial charge in [0, 0.05) is 18.6 Å². The third-order valence-electron chi connectivity index (χ3n) is 3.72. The van der Waals surface area contributed by atoms with Crippen molar-refractivity contribution in [1.29, 1.82) is 0 Å². The predicted molar refractivity (Wildman–Crippen MR) is 64.6 cm³/mol. The molecule has 0 saturated heterocycles. The number of fused-ring (bicyclic) bond motifs is 1. The highest BCUT2D eigenvalue weighted by molar-refractivity contribution is 5.37. The first-order valence-corrected chi connectivity index (χ1v) is 6.12.